The summed E-state index contributed by atoms with van der Waals surface area (Å²) in [6.45, 7) is 6.78. The SMILES string of the molecule is CCc1nc2cc(NC3CC(C)CCC3C)ccc2o1. The number of rotatable bonds is 3. The average Bonchev–Trinajstić information content (AvgIpc) is 2.85. The van der Waals surface area contributed by atoms with Crippen LogP contribution in [0.4, 0.5) is 5.69 Å². The van der Waals surface area contributed by atoms with Gasteiger partial charge in [0, 0.05) is 18.2 Å². The minimum absolute atomic E-state index is 0.578. The normalized spacial score (nSPS) is 26.9. The number of hydrogen-bond acceptors (Lipinski definition) is 3. The van der Waals surface area contributed by atoms with E-state index in [2.05, 4.69) is 43.2 Å². The van der Waals surface area contributed by atoms with Crippen molar-refractivity contribution in [2.24, 2.45) is 11.8 Å². The fraction of sp³-hybridized carbons (Fsp3) is 0.588. The summed E-state index contributed by atoms with van der Waals surface area (Å²) < 4.78 is 5.66. The van der Waals surface area contributed by atoms with Crippen molar-refractivity contribution in [2.75, 3.05) is 5.32 Å². The highest BCUT2D eigenvalue weighted by atomic mass is 16.3. The Balaban J connectivity index is 1.79. The van der Waals surface area contributed by atoms with Gasteiger partial charge < -0.3 is 9.73 Å². The number of benzene rings is 1. The van der Waals surface area contributed by atoms with Crippen molar-refractivity contribution in [3.63, 3.8) is 0 Å². The summed E-state index contributed by atoms with van der Waals surface area (Å²) in [7, 11) is 0. The van der Waals surface area contributed by atoms with Gasteiger partial charge in [0.1, 0.15) is 5.52 Å². The van der Waals surface area contributed by atoms with Crippen molar-refractivity contribution in [3.8, 4) is 0 Å². The molecular formula is C17H24N2O. The Labute approximate surface area is 120 Å². The van der Waals surface area contributed by atoms with Crippen molar-refractivity contribution in [1.29, 1.82) is 0 Å². The maximum atomic E-state index is 5.66. The monoisotopic (exact) mass is 272 g/mol. The van der Waals surface area contributed by atoms with Crippen molar-refractivity contribution in [3.05, 3.63) is 24.1 Å². The van der Waals surface area contributed by atoms with Crippen molar-refractivity contribution >= 4 is 16.8 Å². The van der Waals surface area contributed by atoms with Crippen LogP contribution in [0.1, 0.15) is 45.9 Å². The molecule has 0 aliphatic heterocycles. The second-order valence-electron chi connectivity index (χ2n) is 6.29. The van der Waals surface area contributed by atoms with Crippen molar-refractivity contribution in [1.82, 2.24) is 4.98 Å². The van der Waals surface area contributed by atoms with Gasteiger partial charge >= 0.3 is 0 Å². The maximum absolute atomic E-state index is 5.66. The molecule has 1 saturated carbocycles. The van der Waals surface area contributed by atoms with Gasteiger partial charge in [0.25, 0.3) is 0 Å². The highest BCUT2D eigenvalue weighted by Crippen LogP contribution is 2.31. The van der Waals surface area contributed by atoms with E-state index in [1.165, 1.54) is 24.9 Å². The molecule has 0 bridgehead atoms. The number of aryl methyl sites for hydroxylation is 1. The zero-order chi connectivity index (χ0) is 14.1. The number of hydrogen-bond donors (Lipinski definition) is 1. The molecule has 3 atom stereocenters. The van der Waals surface area contributed by atoms with Crippen LogP contribution in [0.3, 0.4) is 0 Å². The number of anilines is 1. The van der Waals surface area contributed by atoms with Crippen LogP contribution in [0, 0.1) is 11.8 Å². The molecule has 1 N–H and O–H groups in total. The van der Waals surface area contributed by atoms with Crippen LogP contribution in [0.5, 0.6) is 0 Å². The molecule has 0 radical (unpaired) electrons. The van der Waals surface area contributed by atoms with Crippen LogP contribution in [0.25, 0.3) is 11.1 Å². The third-order valence-electron chi connectivity index (χ3n) is 4.54. The lowest BCUT2D eigenvalue weighted by atomic mass is 9.80. The number of oxazole rings is 1. The van der Waals surface area contributed by atoms with E-state index in [0.29, 0.717) is 6.04 Å². The summed E-state index contributed by atoms with van der Waals surface area (Å²) in [5, 5.41) is 3.70. The molecule has 3 heteroatoms. The number of aromatic nitrogens is 1. The molecule has 1 fully saturated rings. The van der Waals surface area contributed by atoms with E-state index < -0.39 is 0 Å². The Kier molecular flexibility index (Phi) is 3.68. The first-order chi connectivity index (χ1) is 9.65. The molecule has 0 saturated heterocycles. The number of fused-ring (bicyclic) bond motifs is 1. The second-order valence-corrected chi connectivity index (χ2v) is 6.29. The molecule has 108 valence electrons. The Bertz CT molecular complexity index is 590. The quantitative estimate of drug-likeness (QED) is 0.885. The minimum atomic E-state index is 0.578. The van der Waals surface area contributed by atoms with E-state index in [-0.39, 0.29) is 0 Å². The van der Waals surface area contributed by atoms with Crippen LogP contribution >= 0.6 is 0 Å². The molecule has 1 aromatic heterocycles. The van der Waals surface area contributed by atoms with Gasteiger partial charge in [0.15, 0.2) is 11.5 Å². The Morgan fingerprint density at radius 3 is 2.95 bits per heavy atom. The first-order valence-corrected chi connectivity index (χ1v) is 7.81. The van der Waals surface area contributed by atoms with Gasteiger partial charge in [-0.1, -0.05) is 27.2 Å². The zero-order valence-electron chi connectivity index (χ0n) is 12.6. The Hall–Kier alpha value is -1.51. The van der Waals surface area contributed by atoms with Gasteiger partial charge in [0.05, 0.1) is 0 Å². The van der Waals surface area contributed by atoms with Crippen molar-refractivity contribution in [2.45, 2.75) is 52.5 Å². The summed E-state index contributed by atoms with van der Waals surface area (Å²) in [6, 6.07) is 6.83. The van der Waals surface area contributed by atoms with Crippen LogP contribution in [0.15, 0.2) is 22.6 Å². The van der Waals surface area contributed by atoms with E-state index in [0.717, 1.165) is 35.2 Å². The molecule has 3 unspecified atom stereocenters. The van der Waals surface area contributed by atoms with Gasteiger partial charge in [-0.15, -0.1) is 0 Å². The van der Waals surface area contributed by atoms with E-state index in [1.54, 1.807) is 0 Å². The summed E-state index contributed by atoms with van der Waals surface area (Å²) in [4.78, 5) is 4.51. The topological polar surface area (TPSA) is 38.1 Å². The van der Waals surface area contributed by atoms with Gasteiger partial charge in [0.2, 0.25) is 0 Å². The predicted octanol–water partition coefficient (Wildman–Crippen LogP) is 4.63. The Morgan fingerprint density at radius 1 is 1.30 bits per heavy atom. The molecule has 2 aromatic rings. The largest absolute Gasteiger partial charge is 0.441 e. The molecular weight excluding hydrogens is 248 g/mol. The number of nitrogens with one attached hydrogen (secondary N) is 1. The Morgan fingerprint density at radius 2 is 2.15 bits per heavy atom. The van der Waals surface area contributed by atoms with Crippen molar-refractivity contribution < 1.29 is 4.42 Å². The third-order valence-corrected chi connectivity index (χ3v) is 4.54. The van der Waals surface area contributed by atoms with E-state index in [4.69, 9.17) is 4.42 Å². The molecule has 0 spiro atoms. The lowest BCUT2D eigenvalue weighted by Crippen LogP contribution is -2.33. The number of nitrogens with zero attached hydrogens (tertiary/aromatic N) is 1. The molecule has 1 aliphatic carbocycles. The molecule has 3 nitrogen and oxygen atoms in total. The van der Waals surface area contributed by atoms with Crippen LogP contribution in [0.2, 0.25) is 0 Å². The summed E-state index contributed by atoms with van der Waals surface area (Å²) in [5.41, 5.74) is 3.01. The molecule has 0 amide bonds. The zero-order valence-corrected chi connectivity index (χ0v) is 12.6. The van der Waals surface area contributed by atoms with Gasteiger partial charge in [-0.3, -0.25) is 0 Å². The first-order valence-electron chi connectivity index (χ1n) is 7.81. The van der Waals surface area contributed by atoms with Crippen LogP contribution in [-0.2, 0) is 6.42 Å². The molecule has 20 heavy (non-hydrogen) atoms. The lowest BCUT2D eigenvalue weighted by molar-refractivity contribution is 0.281. The second kappa shape index (κ2) is 5.47. The highest BCUT2D eigenvalue weighted by molar-refractivity contribution is 5.77. The van der Waals surface area contributed by atoms with Crippen LogP contribution < -0.4 is 5.32 Å². The molecule has 3 rings (SSSR count). The minimum Gasteiger partial charge on any atom is -0.441 e. The predicted molar refractivity (Wildman–Crippen MR) is 83.0 cm³/mol. The van der Waals surface area contributed by atoms with Gasteiger partial charge in [-0.05, 0) is 42.9 Å². The fourth-order valence-electron chi connectivity index (χ4n) is 3.16. The average molecular weight is 272 g/mol. The fourth-order valence-corrected chi connectivity index (χ4v) is 3.16. The molecule has 1 heterocycles. The van der Waals surface area contributed by atoms with E-state index in [1.807, 2.05) is 6.07 Å². The standard InChI is InChI=1S/C17H24N2O/c1-4-17-19-15-10-13(7-8-16(15)20-17)18-14-9-11(2)5-6-12(14)3/h7-8,10-12,14,18H,4-6,9H2,1-3H3. The van der Waals surface area contributed by atoms with E-state index >= 15 is 0 Å². The summed E-state index contributed by atoms with van der Waals surface area (Å²) in [6.07, 6.45) is 4.79. The molecule has 1 aromatic carbocycles. The highest BCUT2D eigenvalue weighted by Gasteiger charge is 2.25. The first kappa shape index (κ1) is 13.5. The molecule has 1 aliphatic rings. The summed E-state index contributed by atoms with van der Waals surface area (Å²) in [5.74, 6) is 2.38. The summed E-state index contributed by atoms with van der Waals surface area (Å²) >= 11 is 0. The maximum Gasteiger partial charge on any atom is 0.195 e. The smallest absolute Gasteiger partial charge is 0.195 e. The van der Waals surface area contributed by atoms with Gasteiger partial charge in [-0.2, -0.15) is 0 Å². The van der Waals surface area contributed by atoms with Gasteiger partial charge in [-0.25, -0.2) is 4.98 Å². The third kappa shape index (κ3) is 2.67. The van der Waals surface area contributed by atoms with E-state index in [9.17, 15) is 0 Å². The van der Waals surface area contributed by atoms with Crippen LogP contribution in [-0.4, -0.2) is 11.0 Å². The lowest BCUT2D eigenvalue weighted by Gasteiger charge is -2.34.